The van der Waals surface area contributed by atoms with Crippen molar-refractivity contribution in [3.8, 4) is 5.75 Å². The van der Waals surface area contributed by atoms with Crippen molar-refractivity contribution in [2.24, 2.45) is 0 Å². The Labute approximate surface area is 139 Å². The Kier molecular flexibility index (Phi) is 6.31. The van der Waals surface area contributed by atoms with E-state index in [1.54, 1.807) is 30.3 Å². The molecule has 0 radical (unpaired) electrons. The Morgan fingerprint density at radius 1 is 1.43 bits per heavy atom. The zero-order valence-electron chi connectivity index (χ0n) is 12.7. The summed E-state index contributed by atoms with van der Waals surface area (Å²) in [5, 5.41) is 15.4. The first-order chi connectivity index (χ1) is 11.1. The molecule has 1 aromatic carbocycles. The van der Waals surface area contributed by atoms with Gasteiger partial charge in [0, 0.05) is 5.69 Å². The molecular weight excluding hydrogens is 320 g/mol. The number of anilines is 1. The van der Waals surface area contributed by atoms with Crippen LogP contribution in [0.5, 0.6) is 5.75 Å². The van der Waals surface area contributed by atoms with Gasteiger partial charge in [0.25, 0.3) is 0 Å². The van der Waals surface area contributed by atoms with Gasteiger partial charge in [-0.25, -0.2) is 4.79 Å². The molecule has 1 heterocycles. The van der Waals surface area contributed by atoms with Gasteiger partial charge in [-0.15, -0.1) is 0 Å². The van der Waals surface area contributed by atoms with Crippen LogP contribution in [0.15, 0.2) is 41.0 Å². The van der Waals surface area contributed by atoms with E-state index in [1.165, 1.54) is 6.26 Å². The number of hydrogen-bond acceptors (Lipinski definition) is 4. The molecule has 7 heteroatoms. The second-order valence-electron chi connectivity index (χ2n) is 4.86. The lowest BCUT2D eigenvalue weighted by molar-refractivity contribution is 0.149. The Morgan fingerprint density at radius 2 is 2.26 bits per heavy atom. The molecule has 2 amide bonds. The first-order valence-electron chi connectivity index (χ1n) is 7.28. The maximum Gasteiger partial charge on any atom is 0.319 e. The van der Waals surface area contributed by atoms with Gasteiger partial charge in [0.1, 0.15) is 17.6 Å². The average molecular weight is 339 g/mol. The predicted molar refractivity (Wildman–Crippen MR) is 87.9 cm³/mol. The topological polar surface area (TPSA) is 83.7 Å². The number of rotatable bonds is 7. The summed E-state index contributed by atoms with van der Waals surface area (Å²) in [5.74, 6) is 0.971. The van der Waals surface area contributed by atoms with Crippen LogP contribution in [-0.2, 0) is 0 Å². The Morgan fingerprint density at radius 3 is 2.91 bits per heavy atom. The lowest BCUT2D eigenvalue weighted by atomic mass is 10.3. The van der Waals surface area contributed by atoms with Crippen LogP contribution in [0.3, 0.4) is 0 Å². The smallest absolute Gasteiger partial charge is 0.319 e. The van der Waals surface area contributed by atoms with Crippen molar-refractivity contribution in [2.75, 3.05) is 18.5 Å². The molecule has 0 saturated carbocycles. The summed E-state index contributed by atoms with van der Waals surface area (Å²) in [6.45, 7) is 2.62. The molecule has 3 N–H and O–H groups in total. The van der Waals surface area contributed by atoms with Gasteiger partial charge in [-0.1, -0.05) is 18.5 Å². The fourth-order valence-electron chi connectivity index (χ4n) is 1.85. The normalized spacial score (nSPS) is 11.8. The summed E-state index contributed by atoms with van der Waals surface area (Å²) in [6.07, 6.45) is 1.45. The molecule has 2 aromatic rings. The zero-order chi connectivity index (χ0) is 16.7. The predicted octanol–water partition coefficient (Wildman–Crippen LogP) is 3.58. The molecule has 2 rings (SSSR count). The Balaban J connectivity index is 1.84. The van der Waals surface area contributed by atoms with E-state index in [1.807, 2.05) is 6.92 Å². The first kappa shape index (κ1) is 17.2. The van der Waals surface area contributed by atoms with Crippen LogP contribution >= 0.6 is 11.6 Å². The highest BCUT2D eigenvalue weighted by Gasteiger charge is 2.12. The number of halogens is 1. The van der Waals surface area contributed by atoms with Crippen molar-refractivity contribution >= 4 is 23.3 Å². The highest BCUT2D eigenvalue weighted by Crippen LogP contribution is 2.27. The van der Waals surface area contributed by atoms with Gasteiger partial charge >= 0.3 is 6.03 Å². The second kappa shape index (κ2) is 8.45. The van der Waals surface area contributed by atoms with Gasteiger partial charge in [-0.2, -0.15) is 0 Å². The van der Waals surface area contributed by atoms with Gasteiger partial charge in [-0.05, 0) is 36.8 Å². The van der Waals surface area contributed by atoms with Crippen molar-refractivity contribution in [2.45, 2.75) is 19.4 Å². The number of benzene rings is 1. The summed E-state index contributed by atoms with van der Waals surface area (Å²) in [7, 11) is 0. The van der Waals surface area contributed by atoms with Crippen molar-refractivity contribution in [3.05, 3.63) is 47.4 Å². The lowest BCUT2D eigenvalue weighted by Gasteiger charge is -2.12. The lowest BCUT2D eigenvalue weighted by Crippen LogP contribution is -2.32. The zero-order valence-corrected chi connectivity index (χ0v) is 13.5. The number of amides is 2. The molecule has 0 aliphatic heterocycles. The molecule has 0 fully saturated rings. The standard InChI is InChI=1S/C16H19ClN2O4/c1-2-7-22-14-6-5-11(9-12(14)17)19-16(21)18-10-13(20)15-4-3-8-23-15/h3-6,8-9,13,20H,2,7,10H2,1H3,(H2,18,19,21). The number of furan rings is 1. The van der Waals surface area contributed by atoms with Gasteiger partial charge in [0.05, 0.1) is 24.4 Å². The number of aliphatic hydroxyl groups excluding tert-OH is 1. The Hall–Kier alpha value is -2.18. The van der Waals surface area contributed by atoms with Crippen molar-refractivity contribution < 1.29 is 19.1 Å². The molecular formula is C16H19ClN2O4. The number of carbonyl (C=O) groups is 1. The third-order valence-corrected chi connectivity index (χ3v) is 3.27. The summed E-state index contributed by atoms with van der Waals surface area (Å²) in [6, 6.07) is 7.86. The van der Waals surface area contributed by atoms with Crippen LogP contribution in [0, 0.1) is 0 Å². The Bertz CT molecular complexity index is 631. The molecule has 0 aliphatic rings. The average Bonchev–Trinajstić information content (AvgIpc) is 3.06. The highest BCUT2D eigenvalue weighted by molar-refractivity contribution is 6.32. The molecule has 1 unspecified atom stereocenters. The third-order valence-electron chi connectivity index (χ3n) is 2.98. The minimum Gasteiger partial charge on any atom is -0.492 e. The monoisotopic (exact) mass is 338 g/mol. The van der Waals surface area contributed by atoms with Crippen molar-refractivity contribution in [1.82, 2.24) is 5.32 Å². The molecule has 0 saturated heterocycles. The maximum atomic E-state index is 11.8. The first-order valence-corrected chi connectivity index (χ1v) is 7.66. The van der Waals surface area contributed by atoms with Gasteiger partial charge in [0.2, 0.25) is 0 Å². The van der Waals surface area contributed by atoms with E-state index in [4.69, 9.17) is 20.8 Å². The third kappa shape index (κ3) is 5.19. The van der Waals surface area contributed by atoms with E-state index in [2.05, 4.69) is 10.6 Å². The number of ether oxygens (including phenoxy) is 1. The molecule has 0 aliphatic carbocycles. The minimum absolute atomic E-state index is 0.0325. The fourth-order valence-corrected chi connectivity index (χ4v) is 2.09. The molecule has 0 spiro atoms. The largest absolute Gasteiger partial charge is 0.492 e. The van der Waals surface area contributed by atoms with E-state index in [0.717, 1.165) is 6.42 Å². The van der Waals surface area contributed by atoms with Crippen LogP contribution in [0.25, 0.3) is 0 Å². The number of nitrogens with one attached hydrogen (secondary N) is 2. The number of urea groups is 1. The number of carbonyl (C=O) groups excluding carboxylic acids is 1. The molecule has 23 heavy (non-hydrogen) atoms. The van der Waals surface area contributed by atoms with Crippen LogP contribution < -0.4 is 15.4 Å². The second-order valence-corrected chi connectivity index (χ2v) is 5.27. The van der Waals surface area contributed by atoms with E-state index in [-0.39, 0.29) is 6.54 Å². The van der Waals surface area contributed by atoms with Gasteiger partial charge in [-0.3, -0.25) is 0 Å². The van der Waals surface area contributed by atoms with Crippen LogP contribution in [-0.4, -0.2) is 24.3 Å². The molecule has 1 aromatic heterocycles. The SMILES string of the molecule is CCCOc1ccc(NC(=O)NCC(O)c2ccco2)cc1Cl. The van der Waals surface area contributed by atoms with E-state index in [9.17, 15) is 9.90 Å². The van der Waals surface area contributed by atoms with Crippen LogP contribution in [0.1, 0.15) is 25.2 Å². The molecule has 1 atom stereocenters. The summed E-state index contributed by atoms with van der Waals surface area (Å²) < 4.78 is 10.5. The van der Waals surface area contributed by atoms with Gasteiger partial charge < -0.3 is 24.9 Å². The summed E-state index contributed by atoms with van der Waals surface area (Å²) in [4.78, 5) is 11.8. The summed E-state index contributed by atoms with van der Waals surface area (Å²) >= 11 is 6.09. The van der Waals surface area contributed by atoms with Crippen molar-refractivity contribution in [3.63, 3.8) is 0 Å². The molecule has 124 valence electrons. The number of hydrogen-bond donors (Lipinski definition) is 3. The molecule has 0 bridgehead atoms. The van der Waals surface area contributed by atoms with Crippen LogP contribution in [0.2, 0.25) is 5.02 Å². The highest BCUT2D eigenvalue weighted by atomic mass is 35.5. The maximum absolute atomic E-state index is 11.8. The van der Waals surface area contributed by atoms with E-state index in [0.29, 0.717) is 28.8 Å². The number of aliphatic hydroxyl groups is 1. The summed E-state index contributed by atoms with van der Waals surface area (Å²) in [5.41, 5.74) is 0.531. The van der Waals surface area contributed by atoms with Gasteiger partial charge in [0.15, 0.2) is 0 Å². The quantitative estimate of drug-likeness (QED) is 0.720. The van der Waals surface area contributed by atoms with Crippen molar-refractivity contribution in [1.29, 1.82) is 0 Å². The minimum atomic E-state index is -0.899. The fraction of sp³-hybridized carbons (Fsp3) is 0.312. The van der Waals surface area contributed by atoms with Crippen LogP contribution in [0.4, 0.5) is 10.5 Å². The molecule has 6 nitrogen and oxygen atoms in total. The van der Waals surface area contributed by atoms with E-state index >= 15 is 0 Å². The van der Waals surface area contributed by atoms with E-state index < -0.39 is 12.1 Å².